The van der Waals surface area contributed by atoms with Crippen molar-refractivity contribution in [1.82, 2.24) is 0 Å². The van der Waals surface area contributed by atoms with E-state index in [9.17, 15) is 5.11 Å². The first-order valence-electron chi connectivity index (χ1n) is 4.56. The van der Waals surface area contributed by atoms with Crippen LogP contribution in [0.5, 0.6) is 0 Å². The molecule has 94 valence electrons. The van der Waals surface area contributed by atoms with E-state index in [1.54, 1.807) is 0 Å². The predicted octanol–water partition coefficient (Wildman–Crippen LogP) is 3.48. The maximum atomic E-state index is 9.77. The summed E-state index contributed by atoms with van der Waals surface area (Å²) in [7, 11) is 0. The van der Waals surface area contributed by atoms with Gasteiger partial charge in [0.1, 0.15) is 9.75 Å². The number of fused-ring (bicyclic) bond motifs is 4. The minimum absolute atomic E-state index is 0.0316. The lowest BCUT2D eigenvalue weighted by Gasteiger charge is -2.35. The van der Waals surface area contributed by atoms with Crippen molar-refractivity contribution in [2.75, 3.05) is 6.61 Å². The molecule has 1 heterocycles. The number of aliphatic hydroxyl groups is 1. The third kappa shape index (κ3) is 1.09. The molecule has 3 aliphatic rings. The van der Waals surface area contributed by atoms with Crippen LogP contribution >= 0.6 is 69.6 Å². The molecule has 0 aromatic rings. The van der Waals surface area contributed by atoms with Gasteiger partial charge >= 0.3 is 0 Å². The number of aliphatic hydroxyl groups excluding tert-OH is 1. The SMILES string of the molecule is OC1OCC2=C1C1(Cl)C(Cl)=C(Cl)C2(Cl)C1(Cl)Cl. The molecule has 1 N–H and O–H groups in total. The average Bonchev–Trinajstić information content (AvgIpc) is 2.73. The Balaban J connectivity index is 2.35. The van der Waals surface area contributed by atoms with Gasteiger partial charge in [0.25, 0.3) is 0 Å². The Labute approximate surface area is 127 Å². The minimum atomic E-state index is -1.66. The fourth-order valence-corrected chi connectivity index (χ4v) is 5.33. The zero-order valence-corrected chi connectivity index (χ0v) is 12.4. The van der Waals surface area contributed by atoms with Crippen molar-refractivity contribution in [2.45, 2.75) is 20.4 Å². The quantitative estimate of drug-likeness (QED) is 0.532. The summed E-state index contributed by atoms with van der Waals surface area (Å²) >= 11 is 37.5. The van der Waals surface area contributed by atoms with E-state index in [-0.39, 0.29) is 16.7 Å². The van der Waals surface area contributed by atoms with Crippen LogP contribution in [0.25, 0.3) is 0 Å². The number of hydrogen-bond donors (Lipinski definition) is 1. The van der Waals surface area contributed by atoms with Crippen LogP contribution in [0.1, 0.15) is 0 Å². The number of ether oxygens (including phenoxy) is 1. The minimum Gasteiger partial charge on any atom is -0.364 e. The molecule has 3 rings (SSSR count). The molecule has 17 heavy (non-hydrogen) atoms. The molecule has 8 heteroatoms. The highest BCUT2D eigenvalue weighted by molar-refractivity contribution is 6.67. The lowest BCUT2D eigenvalue weighted by Crippen LogP contribution is -2.47. The predicted molar refractivity (Wildman–Crippen MR) is 69.3 cm³/mol. The summed E-state index contributed by atoms with van der Waals surface area (Å²) in [6, 6.07) is 0. The zero-order chi connectivity index (χ0) is 12.8. The molecule has 0 aromatic carbocycles. The highest BCUT2D eigenvalue weighted by Crippen LogP contribution is 2.75. The van der Waals surface area contributed by atoms with Crippen molar-refractivity contribution < 1.29 is 9.84 Å². The van der Waals surface area contributed by atoms with Gasteiger partial charge in [0.15, 0.2) is 10.6 Å². The van der Waals surface area contributed by atoms with E-state index in [1.165, 1.54) is 0 Å². The monoisotopic (exact) mass is 354 g/mol. The standard InChI is InChI=1S/C9H4Cl6O2/c10-4-5(11)8(13)3-2(1-17-6(3)16)7(4,12)9(8,14)15/h6,16H,1H2. The largest absolute Gasteiger partial charge is 0.364 e. The third-order valence-corrected chi connectivity index (χ3v) is 7.54. The summed E-state index contributed by atoms with van der Waals surface area (Å²) in [5.74, 6) is 0. The summed E-state index contributed by atoms with van der Waals surface area (Å²) in [6.07, 6.45) is -1.22. The molecule has 0 amide bonds. The van der Waals surface area contributed by atoms with Crippen LogP contribution in [0.3, 0.4) is 0 Å². The Hall–Kier alpha value is 1.14. The molecule has 0 radical (unpaired) electrons. The second-order valence-corrected chi connectivity index (χ2v) is 7.29. The van der Waals surface area contributed by atoms with E-state index in [0.29, 0.717) is 11.1 Å². The summed E-state index contributed by atoms with van der Waals surface area (Å²) < 4.78 is 3.41. The summed E-state index contributed by atoms with van der Waals surface area (Å²) in [5, 5.41) is 9.88. The van der Waals surface area contributed by atoms with Crippen LogP contribution in [0.2, 0.25) is 0 Å². The first kappa shape index (κ1) is 13.1. The molecule has 0 saturated carbocycles. The van der Waals surface area contributed by atoms with Gasteiger partial charge in [0.2, 0.25) is 0 Å². The molecule has 2 bridgehead atoms. The van der Waals surface area contributed by atoms with E-state index in [1.807, 2.05) is 0 Å². The fourth-order valence-electron chi connectivity index (χ4n) is 2.56. The Morgan fingerprint density at radius 2 is 1.59 bits per heavy atom. The molecule has 1 aliphatic heterocycles. The van der Waals surface area contributed by atoms with Crippen molar-refractivity contribution in [3.63, 3.8) is 0 Å². The van der Waals surface area contributed by atoms with Crippen molar-refractivity contribution in [3.8, 4) is 0 Å². The van der Waals surface area contributed by atoms with Gasteiger partial charge in [-0.15, -0.1) is 23.2 Å². The first-order chi connectivity index (χ1) is 7.70. The van der Waals surface area contributed by atoms with Crippen LogP contribution in [0, 0.1) is 0 Å². The summed E-state index contributed by atoms with van der Waals surface area (Å²) in [4.78, 5) is -2.98. The first-order valence-corrected chi connectivity index (χ1v) is 6.83. The fraction of sp³-hybridized carbons (Fsp3) is 0.556. The second-order valence-electron chi connectivity index (χ2n) is 4.07. The van der Waals surface area contributed by atoms with Crippen molar-refractivity contribution in [2.24, 2.45) is 0 Å². The Morgan fingerprint density at radius 3 is 2.18 bits per heavy atom. The van der Waals surface area contributed by atoms with Gasteiger partial charge in [-0.1, -0.05) is 46.4 Å². The highest BCUT2D eigenvalue weighted by Gasteiger charge is 2.79. The number of alkyl halides is 4. The van der Waals surface area contributed by atoms with Crippen molar-refractivity contribution >= 4 is 69.6 Å². The van der Waals surface area contributed by atoms with Crippen LogP contribution in [0.4, 0.5) is 0 Å². The molecule has 0 aromatic heterocycles. The van der Waals surface area contributed by atoms with Gasteiger partial charge in [-0.2, -0.15) is 0 Å². The molecule has 3 unspecified atom stereocenters. The van der Waals surface area contributed by atoms with E-state index in [0.717, 1.165) is 0 Å². The maximum absolute atomic E-state index is 9.77. The Morgan fingerprint density at radius 1 is 1.06 bits per heavy atom. The van der Waals surface area contributed by atoms with Gasteiger partial charge in [-0.3, -0.25) is 0 Å². The zero-order valence-electron chi connectivity index (χ0n) is 7.91. The normalized spacial score (nSPS) is 47.1. The molecule has 0 spiro atoms. The topological polar surface area (TPSA) is 29.5 Å². The molecule has 2 nitrogen and oxygen atoms in total. The van der Waals surface area contributed by atoms with Gasteiger partial charge in [-0.25, -0.2) is 0 Å². The Kier molecular flexibility index (Phi) is 2.64. The molecule has 2 aliphatic carbocycles. The summed E-state index contributed by atoms with van der Waals surface area (Å²) in [5.41, 5.74) is 0.787. The van der Waals surface area contributed by atoms with E-state index < -0.39 is 20.4 Å². The number of allylic oxidation sites excluding steroid dienone is 2. The van der Waals surface area contributed by atoms with Crippen LogP contribution in [-0.2, 0) is 4.74 Å². The number of hydrogen-bond acceptors (Lipinski definition) is 2. The lowest BCUT2D eigenvalue weighted by atomic mass is 9.97. The smallest absolute Gasteiger partial charge is 0.180 e. The van der Waals surface area contributed by atoms with Gasteiger partial charge in [0.05, 0.1) is 16.7 Å². The molecular formula is C9H4Cl6O2. The Bertz CT molecular complexity index is 498. The van der Waals surface area contributed by atoms with Crippen LogP contribution in [-0.4, -0.2) is 32.1 Å². The van der Waals surface area contributed by atoms with E-state index in [4.69, 9.17) is 74.3 Å². The van der Waals surface area contributed by atoms with E-state index in [2.05, 4.69) is 0 Å². The van der Waals surface area contributed by atoms with E-state index >= 15 is 0 Å². The molecule has 0 fully saturated rings. The molecule has 0 saturated heterocycles. The van der Waals surface area contributed by atoms with Gasteiger partial charge in [0, 0.05) is 5.57 Å². The van der Waals surface area contributed by atoms with Gasteiger partial charge in [-0.05, 0) is 5.57 Å². The second kappa shape index (κ2) is 3.42. The average molecular weight is 357 g/mol. The highest BCUT2D eigenvalue weighted by atomic mass is 35.5. The van der Waals surface area contributed by atoms with Gasteiger partial charge < -0.3 is 9.84 Å². The molecular weight excluding hydrogens is 353 g/mol. The lowest BCUT2D eigenvalue weighted by molar-refractivity contribution is -0.0507. The maximum Gasteiger partial charge on any atom is 0.180 e. The summed E-state index contributed by atoms with van der Waals surface area (Å²) in [6.45, 7) is 0.0655. The third-order valence-electron chi connectivity index (χ3n) is 3.41. The number of rotatable bonds is 0. The van der Waals surface area contributed by atoms with Crippen LogP contribution in [0.15, 0.2) is 21.2 Å². The van der Waals surface area contributed by atoms with Crippen LogP contribution < -0.4 is 0 Å². The van der Waals surface area contributed by atoms with Crippen molar-refractivity contribution in [3.05, 3.63) is 21.2 Å². The van der Waals surface area contributed by atoms with Crippen molar-refractivity contribution in [1.29, 1.82) is 0 Å². The number of halogens is 6. The molecule has 3 atom stereocenters.